The maximum absolute atomic E-state index is 11.4. The first-order valence-corrected chi connectivity index (χ1v) is 10.2. The van der Waals surface area contributed by atoms with E-state index in [-0.39, 0.29) is 19.6 Å². The van der Waals surface area contributed by atoms with Crippen molar-refractivity contribution in [3.63, 3.8) is 0 Å². The molecule has 0 fully saturated rings. The molecule has 0 unspecified atom stereocenters. The Kier molecular flexibility index (Phi) is 11.5. The lowest BCUT2D eigenvalue weighted by atomic mass is 10.1. The second-order valence-electron chi connectivity index (χ2n) is 6.44. The van der Waals surface area contributed by atoms with Crippen LogP contribution < -0.4 is 9.47 Å². The van der Waals surface area contributed by atoms with Crippen LogP contribution in [0.15, 0.2) is 61.2 Å². The molecule has 1 N–H and O–H groups in total. The molecule has 8 heteroatoms. The Morgan fingerprint density at radius 3 is 1.88 bits per heavy atom. The highest BCUT2D eigenvalue weighted by Gasteiger charge is 2.05. The van der Waals surface area contributed by atoms with E-state index in [1.165, 1.54) is 0 Å². The molecule has 32 heavy (non-hydrogen) atoms. The molecule has 8 nitrogen and oxygen atoms in total. The Labute approximate surface area is 187 Å². The van der Waals surface area contributed by atoms with Crippen molar-refractivity contribution in [1.29, 1.82) is 0 Å². The van der Waals surface area contributed by atoms with Crippen molar-refractivity contribution in [2.75, 3.05) is 46.2 Å². The van der Waals surface area contributed by atoms with Gasteiger partial charge < -0.3 is 28.8 Å². The monoisotopic (exact) mass is 444 g/mol. The van der Waals surface area contributed by atoms with Gasteiger partial charge in [0.2, 0.25) is 0 Å². The van der Waals surface area contributed by atoms with Crippen molar-refractivity contribution in [2.45, 2.75) is 6.42 Å². The maximum atomic E-state index is 11.4. The Morgan fingerprint density at radius 2 is 1.31 bits per heavy atom. The average molecular weight is 444 g/mol. The van der Waals surface area contributed by atoms with Gasteiger partial charge in [-0.15, -0.1) is 0 Å². The lowest BCUT2D eigenvalue weighted by molar-refractivity contribution is -0.139. The predicted octanol–water partition coefficient (Wildman–Crippen LogP) is 2.78. The summed E-state index contributed by atoms with van der Waals surface area (Å²) in [5.74, 6) is 0.233. The fourth-order valence-corrected chi connectivity index (χ4v) is 2.53. The average Bonchev–Trinajstić information content (AvgIpc) is 2.81. The fraction of sp³-hybridized carbons (Fsp3) is 0.333. The third-order valence-corrected chi connectivity index (χ3v) is 4.10. The molecule has 0 saturated carbocycles. The molecule has 0 bridgehead atoms. The standard InChI is InChI=1S/C24H28O8/c1-2-23(26)31-18-16-29-14-13-28-15-17-30-21-7-3-19(4-8-21)20-5-9-22(10-6-20)32-24(27)11-12-25/h2-10,25H,1,11-18H2. The smallest absolute Gasteiger partial charge is 0.330 e. The van der Waals surface area contributed by atoms with Crippen molar-refractivity contribution in [3.8, 4) is 22.6 Å². The lowest BCUT2D eigenvalue weighted by Gasteiger charge is -2.09. The summed E-state index contributed by atoms with van der Waals surface area (Å²) in [6, 6.07) is 14.8. The molecule has 2 aromatic carbocycles. The first kappa shape index (κ1) is 25.1. The summed E-state index contributed by atoms with van der Waals surface area (Å²) in [6.07, 6.45) is 1.08. The Bertz CT molecular complexity index is 830. The minimum absolute atomic E-state index is 0.0307. The van der Waals surface area contributed by atoms with E-state index >= 15 is 0 Å². The molecule has 0 heterocycles. The van der Waals surface area contributed by atoms with Gasteiger partial charge in [0.05, 0.1) is 39.5 Å². The molecule has 0 aliphatic carbocycles. The van der Waals surface area contributed by atoms with Crippen LogP contribution in [-0.2, 0) is 23.8 Å². The number of esters is 2. The van der Waals surface area contributed by atoms with Crippen LogP contribution in [0.4, 0.5) is 0 Å². The van der Waals surface area contributed by atoms with Crippen LogP contribution >= 0.6 is 0 Å². The van der Waals surface area contributed by atoms with E-state index in [1.807, 2.05) is 36.4 Å². The van der Waals surface area contributed by atoms with Gasteiger partial charge in [-0.05, 0) is 35.4 Å². The molecule has 0 saturated heterocycles. The van der Waals surface area contributed by atoms with Crippen LogP contribution in [0.2, 0.25) is 0 Å². The lowest BCUT2D eigenvalue weighted by Crippen LogP contribution is -2.13. The van der Waals surface area contributed by atoms with Crippen molar-refractivity contribution in [3.05, 3.63) is 61.2 Å². The zero-order valence-corrected chi connectivity index (χ0v) is 17.9. The molecule has 0 aliphatic rings. The van der Waals surface area contributed by atoms with Gasteiger partial charge in [0.15, 0.2) is 0 Å². The second kappa shape index (κ2) is 14.7. The number of rotatable bonds is 15. The summed E-state index contributed by atoms with van der Waals surface area (Å²) in [4.78, 5) is 22.2. The van der Waals surface area contributed by atoms with Gasteiger partial charge in [0.1, 0.15) is 24.7 Å². The van der Waals surface area contributed by atoms with Crippen molar-refractivity contribution in [2.24, 2.45) is 0 Å². The quantitative estimate of drug-likeness (QED) is 0.194. The van der Waals surface area contributed by atoms with E-state index in [0.717, 1.165) is 23.0 Å². The van der Waals surface area contributed by atoms with Gasteiger partial charge >= 0.3 is 11.9 Å². The zero-order valence-electron chi connectivity index (χ0n) is 17.9. The molecule has 172 valence electrons. The molecule has 0 atom stereocenters. The number of carbonyl (C=O) groups excluding carboxylic acids is 2. The van der Waals surface area contributed by atoms with Crippen LogP contribution in [0.5, 0.6) is 11.5 Å². The number of benzene rings is 2. The second-order valence-corrected chi connectivity index (χ2v) is 6.44. The Hall–Kier alpha value is -3.20. The summed E-state index contributed by atoms with van der Waals surface area (Å²) in [5.41, 5.74) is 1.97. The first-order chi connectivity index (χ1) is 15.6. The van der Waals surface area contributed by atoms with Gasteiger partial charge in [-0.3, -0.25) is 4.79 Å². The number of aliphatic hydroxyl groups excluding tert-OH is 1. The molecule has 0 aromatic heterocycles. The Morgan fingerprint density at radius 1 is 0.781 bits per heavy atom. The van der Waals surface area contributed by atoms with Gasteiger partial charge in [-0.2, -0.15) is 0 Å². The molecule has 0 radical (unpaired) electrons. The molecule has 2 aromatic rings. The minimum atomic E-state index is -0.468. The van der Waals surface area contributed by atoms with Crippen LogP contribution in [0.25, 0.3) is 11.1 Å². The van der Waals surface area contributed by atoms with Gasteiger partial charge in [0.25, 0.3) is 0 Å². The Balaban J connectivity index is 1.61. The third kappa shape index (κ3) is 9.74. The highest BCUT2D eigenvalue weighted by atomic mass is 16.6. The maximum Gasteiger partial charge on any atom is 0.330 e. The van der Waals surface area contributed by atoms with Crippen LogP contribution in [-0.4, -0.2) is 63.3 Å². The SMILES string of the molecule is C=CC(=O)OCCOCCOCCOc1ccc(-c2ccc(OC(=O)CCO)cc2)cc1. The van der Waals surface area contributed by atoms with E-state index in [2.05, 4.69) is 6.58 Å². The van der Waals surface area contributed by atoms with Crippen LogP contribution in [0, 0.1) is 0 Å². The van der Waals surface area contributed by atoms with Crippen molar-refractivity contribution < 1.29 is 38.4 Å². The molecule has 0 aliphatic heterocycles. The first-order valence-electron chi connectivity index (χ1n) is 10.2. The topological polar surface area (TPSA) is 101 Å². The highest BCUT2D eigenvalue weighted by molar-refractivity contribution is 5.81. The number of hydrogen-bond acceptors (Lipinski definition) is 8. The fourth-order valence-electron chi connectivity index (χ4n) is 2.53. The van der Waals surface area contributed by atoms with Gasteiger partial charge in [-0.25, -0.2) is 4.79 Å². The van der Waals surface area contributed by atoms with Crippen molar-refractivity contribution >= 4 is 11.9 Å². The summed E-state index contributed by atoms with van der Waals surface area (Å²) in [7, 11) is 0. The normalized spacial score (nSPS) is 10.4. The van der Waals surface area contributed by atoms with Gasteiger partial charge in [0, 0.05) is 6.08 Å². The highest BCUT2D eigenvalue weighted by Crippen LogP contribution is 2.24. The zero-order chi connectivity index (χ0) is 23.0. The summed E-state index contributed by atoms with van der Waals surface area (Å²) < 4.78 is 26.3. The number of ether oxygens (including phenoxy) is 5. The van der Waals surface area contributed by atoms with Crippen LogP contribution in [0.3, 0.4) is 0 Å². The number of aliphatic hydroxyl groups is 1. The largest absolute Gasteiger partial charge is 0.491 e. The van der Waals surface area contributed by atoms with E-state index in [0.29, 0.717) is 38.8 Å². The minimum Gasteiger partial charge on any atom is -0.491 e. The molecular weight excluding hydrogens is 416 g/mol. The van der Waals surface area contributed by atoms with Crippen LogP contribution in [0.1, 0.15) is 6.42 Å². The molecule has 0 amide bonds. The number of hydrogen-bond donors (Lipinski definition) is 1. The summed E-state index contributed by atoms with van der Waals surface area (Å²) in [5, 5.41) is 8.74. The molecule has 0 spiro atoms. The van der Waals surface area contributed by atoms with E-state index in [1.54, 1.807) is 12.1 Å². The third-order valence-electron chi connectivity index (χ3n) is 4.10. The summed E-state index contributed by atoms with van der Waals surface area (Å²) in [6.45, 7) is 5.22. The van der Waals surface area contributed by atoms with Gasteiger partial charge in [-0.1, -0.05) is 30.8 Å². The van der Waals surface area contributed by atoms with E-state index in [9.17, 15) is 9.59 Å². The van der Waals surface area contributed by atoms with Crippen molar-refractivity contribution in [1.82, 2.24) is 0 Å². The number of carbonyl (C=O) groups is 2. The predicted molar refractivity (Wildman–Crippen MR) is 118 cm³/mol. The summed E-state index contributed by atoms with van der Waals surface area (Å²) >= 11 is 0. The van der Waals surface area contributed by atoms with E-state index < -0.39 is 11.9 Å². The molecular formula is C24H28O8. The molecule has 2 rings (SSSR count). The van der Waals surface area contributed by atoms with E-state index in [4.69, 9.17) is 28.8 Å².